The van der Waals surface area contributed by atoms with E-state index in [0.29, 0.717) is 36.2 Å². The van der Waals surface area contributed by atoms with Crippen LogP contribution in [0.5, 0.6) is 0 Å². The highest BCUT2D eigenvalue weighted by Crippen LogP contribution is 2.43. The lowest BCUT2D eigenvalue weighted by Crippen LogP contribution is -2.46. The van der Waals surface area contributed by atoms with Gasteiger partial charge in [0.05, 0.1) is 12.2 Å². The normalized spacial score (nSPS) is 25.5. The maximum absolute atomic E-state index is 13.9. The third-order valence-corrected chi connectivity index (χ3v) is 10.9. The van der Waals surface area contributed by atoms with Crippen molar-refractivity contribution in [2.75, 3.05) is 24.5 Å². The minimum absolute atomic E-state index is 0.0548. The SMILES string of the molecule is CC(=O)N1CCc2c(nc(C)n2C2C[C@H]3CC[C@@H](C2)N3CCCN(C(=O)C2CCC(F)(F)CC2)c2ccc(C)c(Cl)c2)C1. The fourth-order valence-corrected chi connectivity index (χ4v) is 8.32. The Morgan fingerprint density at radius 2 is 1.77 bits per heavy atom. The summed E-state index contributed by atoms with van der Waals surface area (Å²) >= 11 is 6.45. The van der Waals surface area contributed by atoms with Crippen molar-refractivity contribution in [1.29, 1.82) is 0 Å². The summed E-state index contributed by atoms with van der Waals surface area (Å²) < 4.78 is 30.2. The molecule has 1 aliphatic carbocycles. The van der Waals surface area contributed by atoms with Crippen molar-refractivity contribution in [3.05, 3.63) is 46.0 Å². The summed E-state index contributed by atoms with van der Waals surface area (Å²) in [6.45, 7) is 8.47. The number of rotatable bonds is 7. The van der Waals surface area contributed by atoms with E-state index >= 15 is 0 Å². The molecule has 2 amide bonds. The molecule has 2 saturated heterocycles. The van der Waals surface area contributed by atoms with E-state index in [-0.39, 0.29) is 43.4 Å². The maximum atomic E-state index is 13.9. The first-order valence-electron chi connectivity index (χ1n) is 16.0. The number of alkyl halides is 2. The van der Waals surface area contributed by atoms with Gasteiger partial charge in [0.25, 0.3) is 0 Å². The Bertz CT molecular complexity index is 1360. The van der Waals surface area contributed by atoms with Gasteiger partial charge >= 0.3 is 0 Å². The molecule has 234 valence electrons. The first-order valence-corrected chi connectivity index (χ1v) is 16.4. The standard InChI is InChI=1S/C33H44ClF2N5O2/c1-21-5-6-27(19-29(21)34)40(32(43)24-9-12-33(35,36)13-10-24)15-4-14-39-25-7-8-26(39)18-28(17-25)41-22(2)37-30-20-38(23(3)42)16-11-31(30)41/h5-6,19,24-26,28H,4,7-18,20H2,1-3H3/t25-,26+,28?. The van der Waals surface area contributed by atoms with Crippen molar-refractivity contribution in [2.45, 2.75) is 116 Å². The van der Waals surface area contributed by atoms with Gasteiger partial charge in [0.15, 0.2) is 0 Å². The van der Waals surface area contributed by atoms with E-state index in [2.05, 4.69) is 16.4 Å². The summed E-state index contributed by atoms with van der Waals surface area (Å²) in [6, 6.07) is 7.10. The fraction of sp³-hybridized carbons (Fsp3) is 0.667. The van der Waals surface area contributed by atoms with Gasteiger partial charge in [-0.05, 0) is 76.5 Å². The molecule has 3 fully saturated rings. The molecule has 1 unspecified atom stereocenters. The van der Waals surface area contributed by atoms with Gasteiger partial charge in [-0.2, -0.15) is 0 Å². The lowest BCUT2D eigenvalue weighted by atomic mass is 9.85. The summed E-state index contributed by atoms with van der Waals surface area (Å²) in [5.74, 6) is -1.93. The number of aryl methyl sites for hydroxylation is 2. The zero-order valence-electron chi connectivity index (χ0n) is 25.6. The first kappa shape index (κ1) is 30.5. The lowest BCUT2D eigenvalue weighted by molar-refractivity contribution is -0.130. The largest absolute Gasteiger partial charge is 0.337 e. The van der Waals surface area contributed by atoms with Gasteiger partial charge in [0.1, 0.15) is 5.82 Å². The van der Waals surface area contributed by atoms with Crippen molar-refractivity contribution >= 4 is 29.1 Å². The summed E-state index contributed by atoms with van der Waals surface area (Å²) in [5.41, 5.74) is 4.05. The topological polar surface area (TPSA) is 61.7 Å². The van der Waals surface area contributed by atoms with Crippen LogP contribution in [0.4, 0.5) is 14.5 Å². The quantitative estimate of drug-likeness (QED) is 0.358. The van der Waals surface area contributed by atoms with Crippen LogP contribution in [0, 0.1) is 19.8 Å². The average molecular weight is 616 g/mol. The van der Waals surface area contributed by atoms with E-state index in [1.54, 1.807) is 11.8 Å². The summed E-state index contributed by atoms with van der Waals surface area (Å²) in [6.07, 6.45) is 6.22. The van der Waals surface area contributed by atoms with E-state index in [0.717, 1.165) is 61.5 Å². The zero-order chi connectivity index (χ0) is 30.5. The van der Waals surface area contributed by atoms with Crippen LogP contribution in [0.15, 0.2) is 18.2 Å². The van der Waals surface area contributed by atoms with Crippen LogP contribution >= 0.6 is 11.6 Å². The maximum Gasteiger partial charge on any atom is 0.248 e. The number of imidazole rings is 1. The Morgan fingerprint density at radius 1 is 1.07 bits per heavy atom. The predicted molar refractivity (Wildman–Crippen MR) is 164 cm³/mol. The third-order valence-electron chi connectivity index (χ3n) is 10.5. The second-order valence-corrected chi connectivity index (χ2v) is 13.7. The van der Waals surface area contributed by atoms with Gasteiger partial charge in [-0.3, -0.25) is 14.5 Å². The van der Waals surface area contributed by atoms with Crippen molar-refractivity contribution in [2.24, 2.45) is 5.92 Å². The van der Waals surface area contributed by atoms with Crippen molar-refractivity contribution in [3.8, 4) is 0 Å². The highest BCUT2D eigenvalue weighted by atomic mass is 35.5. The van der Waals surface area contributed by atoms with Crippen LogP contribution in [0.2, 0.25) is 5.02 Å². The molecule has 10 heteroatoms. The number of fused-ring (bicyclic) bond motifs is 3. The Balaban J connectivity index is 1.11. The smallest absolute Gasteiger partial charge is 0.248 e. The van der Waals surface area contributed by atoms with Gasteiger partial charge in [-0.25, -0.2) is 13.8 Å². The molecular formula is C33H44ClF2N5O2. The second kappa shape index (κ2) is 12.1. The first-order chi connectivity index (χ1) is 20.5. The molecule has 0 N–H and O–H groups in total. The molecule has 0 spiro atoms. The zero-order valence-corrected chi connectivity index (χ0v) is 26.4. The predicted octanol–water partition coefficient (Wildman–Crippen LogP) is 6.47. The number of anilines is 1. The number of aromatic nitrogens is 2. The number of benzene rings is 1. The molecule has 7 nitrogen and oxygen atoms in total. The molecule has 2 aromatic rings. The van der Waals surface area contributed by atoms with Crippen molar-refractivity contribution in [3.63, 3.8) is 0 Å². The molecule has 0 radical (unpaired) electrons. The molecule has 3 aliphatic heterocycles. The highest BCUT2D eigenvalue weighted by molar-refractivity contribution is 6.31. The number of amides is 2. The number of hydrogen-bond acceptors (Lipinski definition) is 4. The number of piperidine rings is 1. The van der Waals surface area contributed by atoms with Crippen LogP contribution in [0.1, 0.15) is 93.5 Å². The van der Waals surface area contributed by atoms with Gasteiger partial charge in [-0.15, -0.1) is 0 Å². The number of nitrogens with zero attached hydrogens (tertiary/aromatic N) is 5. The summed E-state index contributed by atoms with van der Waals surface area (Å²) in [4.78, 5) is 36.9. The van der Waals surface area contributed by atoms with Crippen LogP contribution in [0.25, 0.3) is 0 Å². The molecule has 1 saturated carbocycles. The van der Waals surface area contributed by atoms with E-state index in [9.17, 15) is 18.4 Å². The van der Waals surface area contributed by atoms with Gasteiger partial charge in [-0.1, -0.05) is 17.7 Å². The molecule has 2 bridgehead atoms. The minimum atomic E-state index is -2.66. The monoisotopic (exact) mass is 615 g/mol. The number of halogens is 3. The molecule has 4 aliphatic rings. The van der Waals surface area contributed by atoms with E-state index in [1.807, 2.05) is 30.0 Å². The Morgan fingerprint density at radius 3 is 2.42 bits per heavy atom. The number of carbonyl (C=O) groups is 2. The molecule has 1 aromatic heterocycles. The number of carbonyl (C=O) groups excluding carboxylic acids is 2. The van der Waals surface area contributed by atoms with E-state index in [4.69, 9.17) is 16.6 Å². The average Bonchev–Trinajstić information content (AvgIpc) is 3.41. The molecule has 43 heavy (non-hydrogen) atoms. The molecule has 1 aromatic carbocycles. The Kier molecular flexibility index (Phi) is 8.59. The van der Waals surface area contributed by atoms with Gasteiger partial charge in [0.2, 0.25) is 17.7 Å². The summed E-state index contributed by atoms with van der Waals surface area (Å²) in [7, 11) is 0. The van der Waals surface area contributed by atoms with Gasteiger partial charge < -0.3 is 14.4 Å². The van der Waals surface area contributed by atoms with Crippen LogP contribution in [-0.2, 0) is 22.6 Å². The number of hydrogen-bond donors (Lipinski definition) is 0. The molecule has 3 atom stereocenters. The third kappa shape index (κ3) is 6.21. The lowest BCUT2D eigenvalue weighted by Gasteiger charge is -2.41. The molecule has 4 heterocycles. The summed E-state index contributed by atoms with van der Waals surface area (Å²) in [5, 5.41) is 0.608. The molecular weight excluding hydrogens is 572 g/mol. The van der Waals surface area contributed by atoms with E-state index in [1.165, 1.54) is 18.5 Å². The fourth-order valence-electron chi connectivity index (χ4n) is 8.15. The van der Waals surface area contributed by atoms with Crippen LogP contribution in [0.3, 0.4) is 0 Å². The van der Waals surface area contributed by atoms with Gasteiger partial charge in [0, 0.05) is 86.3 Å². The Labute approximate surface area is 258 Å². The van der Waals surface area contributed by atoms with Crippen molar-refractivity contribution in [1.82, 2.24) is 19.4 Å². The Hall–Kier alpha value is -2.52. The minimum Gasteiger partial charge on any atom is -0.337 e. The van der Waals surface area contributed by atoms with Crippen LogP contribution < -0.4 is 4.90 Å². The second-order valence-electron chi connectivity index (χ2n) is 13.3. The molecule has 6 rings (SSSR count). The van der Waals surface area contributed by atoms with Crippen LogP contribution in [-0.4, -0.2) is 68.8 Å². The van der Waals surface area contributed by atoms with E-state index < -0.39 is 5.92 Å². The van der Waals surface area contributed by atoms with Crippen molar-refractivity contribution < 1.29 is 18.4 Å². The highest BCUT2D eigenvalue weighted by Gasteiger charge is 2.43.